The van der Waals surface area contributed by atoms with Crippen LogP contribution in [0.1, 0.15) is 35.8 Å². The lowest BCUT2D eigenvalue weighted by Crippen LogP contribution is -2.37. The first-order valence-corrected chi connectivity index (χ1v) is 5.93. The topological polar surface area (TPSA) is 93.0 Å². The largest absolute Gasteiger partial charge is 0.477 e. The van der Waals surface area contributed by atoms with Gasteiger partial charge in [0.25, 0.3) is 0 Å². The predicted octanol–water partition coefficient (Wildman–Crippen LogP) is 1.23. The quantitative estimate of drug-likeness (QED) is 0.839. The molecule has 1 aliphatic rings. The molecule has 6 heteroatoms. The van der Waals surface area contributed by atoms with E-state index >= 15 is 0 Å². The van der Waals surface area contributed by atoms with Gasteiger partial charge in [0.15, 0.2) is 0 Å². The van der Waals surface area contributed by atoms with E-state index in [1.165, 1.54) is 0 Å². The second-order valence-corrected chi connectivity index (χ2v) is 5.02. The third kappa shape index (κ3) is 2.51. The lowest BCUT2D eigenvalue weighted by atomic mass is 9.82. The summed E-state index contributed by atoms with van der Waals surface area (Å²) < 4.78 is 0. The van der Waals surface area contributed by atoms with Crippen LogP contribution in [0.2, 0.25) is 0 Å². The van der Waals surface area contributed by atoms with Crippen molar-refractivity contribution in [3.63, 3.8) is 0 Å². The van der Waals surface area contributed by atoms with E-state index in [2.05, 4.69) is 21.2 Å². The van der Waals surface area contributed by atoms with Crippen LogP contribution in [0.4, 0.5) is 0 Å². The molecule has 6 nitrogen and oxygen atoms in total. The van der Waals surface area contributed by atoms with Crippen LogP contribution in [0, 0.1) is 16.7 Å². The minimum Gasteiger partial charge on any atom is -0.477 e. The Morgan fingerprint density at radius 3 is 2.89 bits per heavy atom. The number of rotatable bonds is 3. The molecule has 1 aliphatic heterocycles. The normalized spacial score (nSPS) is 19.3. The van der Waals surface area contributed by atoms with E-state index in [9.17, 15) is 4.79 Å². The average molecular weight is 248 g/mol. The lowest BCUT2D eigenvalue weighted by molar-refractivity contribution is 0.0686. The maximum atomic E-state index is 10.9. The summed E-state index contributed by atoms with van der Waals surface area (Å²) >= 11 is 0. The Balaban J connectivity index is 1.98. The van der Waals surface area contributed by atoms with Gasteiger partial charge in [-0.25, -0.2) is 4.79 Å². The second-order valence-electron chi connectivity index (χ2n) is 5.02. The van der Waals surface area contributed by atoms with Gasteiger partial charge in [0.2, 0.25) is 0 Å². The number of aromatic amines is 1. The molecule has 0 aliphatic carbocycles. The number of likely N-dealkylation sites (tertiary alicyclic amines) is 1. The van der Waals surface area contributed by atoms with Crippen molar-refractivity contribution in [1.82, 2.24) is 15.1 Å². The highest BCUT2D eigenvalue weighted by Crippen LogP contribution is 2.30. The molecule has 18 heavy (non-hydrogen) atoms. The monoisotopic (exact) mass is 248 g/mol. The molecule has 0 unspecified atom stereocenters. The smallest absolute Gasteiger partial charge is 0.354 e. The Kier molecular flexibility index (Phi) is 3.34. The molecule has 0 aromatic carbocycles. The van der Waals surface area contributed by atoms with Gasteiger partial charge in [-0.1, -0.05) is 0 Å². The van der Waals surface area contributed by atoms with Gasteiger partial charge in [-0.05, 0) is 32.9 Å². The van der Waals surface area contributed by atoms with Crippen LogP contribution in [0.15, 0.2) is 6.20 Å². The van der Waals surface area contributed by atoms with Gasteiger partial charge in [-0.2, -0.15) is 10.4 Å². The van der Waals surface area contributed by atoms with E-state index in [1.54, 1.807) is 6.20 Å². The lowest BCUT2D eigenvalue weighted by Gasteiger charge is -2.34. The zero-order chi connectivity index (χ0) is 13.2. The van der Waals surface area contributed by atoms with Gasteiger partial charge in [-0.3, -0.25) is 10.00 Å². The third-order valence-electron chi connectivity index (χ3n) is 3.56. The first kappa shape index (κ1) is 12.6. The molecule has 2 heterocycles. The fourth-order valence-electron chi connectivity index (χ4n) is 2.17. The molecular formula is C12H16N4O2. The number of aromatic nitrogens is 2. The van der Waals surface area contributed by atoms with E-state index in [-0.39, 0.29) is 11.1 Å². The number of hydrogen-bond acceptors (Lipinski definition) is 4. The molecule has 1 aromatic heterocycles. The number of carbonyl (C=O) groups is 1. The van der Waals surface area contributed by atoms with Crippen molar-refractivity contribution in [3.05, 3.63) is 17.5 Å². The summed E-state index contributed by atoms with van der Waals surface area (Å²) in [7, 11) is 0. The summed E-state index contributed by atoms with van der Waals surface area (Å²) in [5, 5.41) is 24.3. The number of carboxylic acids is 1. The first-order valence-electron chi connectivity index (χ1n) is 5.93. The highest BCUT2D eigenvalue weighted by molar-refractivity contribution is 5.86. The van der Waals surface area contributed by atoms with Crippen LogP contribution in [-0.2, 0) is 6.54 Å². The zero-order valence-corrected chi connectivity index (χ0v) is 10.3. The predicted molar refractivity (Wildman–Crippen MR) is 63.8 cm³/mol. The number of aromatic carboxylic acids is 1. The first-order chi connectivity index (χ1) is 8.54. The van der Waals surface area contributed by atoms with E-state index in [0.717, 1.165) is 25.9 Å². The summed E-state index contributed by atoms with van der Waals surface area (Å²) in [4.78, 5) is 13.1. The molecule has 0 amide bonds. The Hall–Kier alpha value is -1.87. The average Bonchev–Trinajstić information content (AvgIpc) is 2.81. The van der Waals surface area contributed by atoms with Crippen LogP contribution in [0.25, 0.3) is 0 Å². The second kappa shape index (κ2) is 4.78. The molecule has 0 saturated carbocycles. The van der Waals surface area contributed by atoms with Gasteiger partial charge in [0.1, 0.15) is 5.69 Å². The van der Waals surface area contributed by atoms with Crippen LogP contribution in [0.5, 0.6) is 0 Å². The van der Waals surface area contributed by atoms with Crippen molar-refractivity contribution in [3.8, 4) is 6.07 Å². The Morgan fingerprint density at radius 1 is 1.67 bits per heavy atom. The molecule has 0 atom stereocenters. The molecule has 2 N–H and O–H groups in total. The molecule has 0 spiro atoms. The van der Waals surface area contributed by atoms with E-state index in [1.807, 2.05) is 6.92 Å². The SMILES string of the molecule is CC1(C#N)CCN(Cc2cn[nH]c2C(=O)O)CC1. The van der Waals surface area contributed by atoms with Gasteiger partial charge in [-0.15, -0.1) is 0 Å². The van der Waals surface area contributed by atoms with Crippen LogP contribution in [0.3, 0.4) is 0 Å². The molecule has 0 bridgehead atoms. The summed E-state index contributed by atoms with van der Waals surface area (Å²) in [6, 6.07) is 2.35. The van der Waals surface area contributed by atoms with Crippen molar-refractivity contribution < 1.29 is 9.90 Å². The molecule has 1 aromatic rings. The number of H-pyrrole nitrogens is 1. The van der Waals surface area contributed by atoms with Crippen molar-refractivity contribution >= 4 is 5.97 Å². The van der Waals surface area contributed by atoms with Crippen LogP contribution < -0.4 is 0 Å². The Labute approximate surface area is 105 Å². The number of carboxylic acid groups (broad SMARTS) is 1. The zero-order valence-electron chi connectivity index (χ0n) is 10.3. The highest BCUT2D eigenvalue weighted by atomic mass is 16.4. The number of hydrogen-bond donors (Lipinski definition) is 2. The van der Waals surface area contributed by atoms with Crippen molar-refractivity contribution in [2.75, 3.05) is 13.1 Å². The highest BCUT2D eigenvalue weighted by Gasteiger charge is 2.30. The molecule has 1 fully saturated rings. The van der Waals surface area contributed by atoms with Crippen LogP contribution in [-0.4, -0.2) is 39.3 Å². The number of nitriles is 1. The fraction of sp³-hybridized carbons (Fsp3) is 0.583. The van der Waals surface area contributed by atoms with Gasteiger partial charge >= 0.3 is 5.97 Å². The molecule has 0 radical (unpaired) electrons. The van der Waals surface area contributed by atoms with Gasteiger partial charge < -0.3 is 5.11 Å². The fourth-order valence-corrected chi connectivity index (χ4v) is 2.17. The van der Waals surface area contributed by atoms with Gasteiger partial charge in [0.05, 0.1) is 17.7 Å². The minimum atomic E-state index is -0.985. The van der Waals surface area contributed by atoms with E-state index in [4.69, 9.17) is 10.4 Å². The molecule has 1 saturated heterocycles. The van der Waals surface area contributed by atoms with Crippen LogP contribution >= 0.6 is 0 Å². The Morgan fingerprint density at radius 2 is 2.33 bits per heavy atom. The minimum absolute atomic E-state index is 0.156. The standard InChI is InChI=1S/C12H16N4O2/c1-12(8-13)2-4-16(5-3-12)7-9-6-14-15-10(9)11(17)18/h6H,2-5,7H2,1H3,(H,14,15)(H,17,18). The summed E-state index contributed by atoms with van der Waals surface area (Å²) in [5.74, 6) is -0.985. The van der Waals surface area contributed by atoms with Crippen molar-refractivity contribution in [1.29, 1.82) is 5.26 Å². The van der Waals surface area contributed by atoms with E-state index < -0.39 is 5.97 Å². The molecule has 2 rings (SSSR count). The maximum Gasteiger partial charge on any atom is 0.354 e. The number of piperidine rings is 1. The third-order valence-corrected chi connectivity index (χ3v) is 3.56. The summed E-state index contributed by atoms with van der Waals surface area (Å²) in [6.45, 7) is 4.17. The number of nitrogens with zero attached hydrogens (tertiary/aromatic N) is 3. The van der Waals surface area contributed by atoms with Crippen molar-refractivity contribution in [2.45, 2.75) is 26.3 Å². The Bertz CT molecular complexity index is 481. The van der Waals surface area contributed by atoms with Gasteiger partial charge in [0, 0.05) is 12.1 Å². The summed E-state index contributed by atoms with van der Waals surface area (Å²) in [6.07, 6.45) is 3.20. The van der Waals surface area contributed by atoms with Crippen molar-refractivity contribution in [2.24, 2.45) is 5.41 Å². The molecule has 96 valence electrons. The number of nitrogens with one attached hydrogen (secondary N) is 1. The van der Waals surface area contributed by atoms with E-state index in [0.29, 0.717) is 12.1 Å². The summed E-state index contributed by atoms with van der Waals surface area (Å²) in [5.41, 5.74) is 0.620. The molecular weight excluding hydrogens is 232 g/mol. The maximum absolute atomic E-state index is 10.9.